The first-order valence-corrected chi connectivity index (χ1v) is 5.82. The fourth-order valence-electron chi connectivity index (χ4n) is 2.04. The van der Waals surface area contributed by atoms with Crippen molar-refractivity contribution in [3.8, 4) is 5.75 Å². The quantitative estimate of drug-likeness (QED) is 0.752. The van der Waals surface area contributed by atoms with E-state index in [1.165, 1.54) is 18.5 Å². The Bertz CT molecular complexity index is 324. The van der Waals surface area contributed by atoms with Gasteiger partial charge in [-0.1, -0.05) is 25.5 Å². The summed E-state index contributed by atoms with van der Waals surface area (Å²) in [5, 5.41) is 0. The summed E-state index contributed by atoms with van der Waals surface area (Å²) < 4.78 is 5.80. The van der Waals surface area contributed by atoms with E-state index in [1.54, 1.807) is 0 Å². The van der Waals surface area contributed by atoms with Crippen molar-refractivity contribution >= 4 is 5.69 Å². The van der Waals surface area contributed by atoms with Crippen LogP contribution in [0.3, 0.4) is 0 Å². The van der Waals surface area contributed by atoms with Crippen LogP contribution < -0.4 is 9.64 Å². The summed E-state index contributed by atoms with van der Waals surface area (Å²) in [6.45, 7) is 6.52. The average molecular weight is 205 g/mol. The van der Waals surface area contributed by atoms with Gasteiger partial charge < -0.3 is 9.64 Å². The molecule has 82 valence electrons. The van der Waals surface area contributed by atoms with Crippen molar-refractivity contribution in [1.29, 1.82) is 0 Å². The number of ether oxygens (including phenoxy) is 1. The van der Waals surface area contributed by atoms with E-state index in [-0.39, 0.29) is 0 Å². The van der Waals surface area contributed by atoms with Gasteiger partial charge in [0.25, 0.3) is 0 Å². The Morgan fingerprint density at radius 1 is 1.40 bits per heavy atom. The lowest BCUT2D eigenvalue weighted by Gasteiger charge is -2.34. The number of rotatable bonds is 3. The molecule has 0 N–H and O–H groups in total. The van der Waals surface area contributed by atoms with Crippen LogP contribution in [-0.2, 0) is 0 Å². The van der Waals surface area contributed by atoms with Gasteiger partial charge in [0, 0.05) is 6.54 Å². The molecule has 1 unspecified atom stereocenters. The highest BCUT2D eigenvalue weighted by Gasteiger charge is 2.21. The van der Waals surface area contributed by atoms with Gasteiger partial charge in [-0.25, -0.2) is 0 Å². The number of nitrogens with zero attached hydrogens (tertiary/aromatic N) is 1. The molecule has 0 aliphatic carbocycles. The highest BCUT2D eigenvalue weighted by molar-refractivity contribution is 5.59. The molecule has 1 aliphatic rings. The van der Waals surface area contributed by atoms with Crippen molar-refractivity contribution < 1.29 is 4.74 Å². The first-order valence-electron chi connectivity index (χ1n) is 5.82. The number of benzene rings is 1. The molecule has 1 aromatic carbocycles. The van der Waals surface area contributed by atoms with Gasteiger partial charge in [-0.05, 0) is 25.5 Å². The van der Waals surface area contributed by atoms with Gasteiger partial charge in [-0.3, -0.25) is 0 Å². The summed E-state index contributed by atoms with van der Waals surface area (Å²) in [6, 6.07) is 8.33. The lowest BCUT2D eigenvalue weighted by molar-refractivity contribution is 0.212. The fourth-order valence-corrected chi connectivity index (χ4v) is 2.04. The molecule has 1 heterocycles. The maximum atomic E-state index is 5.80. The van der Waals surface area contributed by atoms with Crippen LogP contribution in [-0.4, -0.2) is 19.2 Å². The Kier molecular flexibility index (Phi) is 3.14. The molecule has 0 aromatic heterocycles. The molecule has 2 nitrogen and oxygen atoms in total. The normalized spacial score (nSPS) is 19.6. The molecule has 1 aliphatic heterocycles. The van der Waals surface area contributed by atoms with Gasteiger partial charge in [0.05, 0.1) is 12.2 Å². The van der Waals surface area contributed by atoms with Crippen LogP contribution in [0, 0.1) is 0 Å². The van der Waals surface area contributed by atoms with Crippen molar-refractivity contribution in [2.24, 2.45) is 0 Å². The van der Waals surface area contributed by atoms with Crippen LogP contribution in [0.1, 0.15) is 26.7 Å². The van der Waals surface area contributed by atoms with E-state index in [2.05, 4.69) is 36.9 Å². The van der Waals surface area contributed by atoms with E-state index in [9.17, 15) is 0 Å². The summed E-state index contributed by atoms with van der Waals surface area (Å²) in [7, 11) is 0. The molecule has 0 spiro atoms. The van der Waals surface area contributed by atoms with Crippen molar-refractivity contribution in [1.82, 2.24) is 0 Å². The average Bonchev–Trinajstić information content (AvgIpc) is 2.25. The van der Waals surface area contributed by atoms with Gasteiger partial charge in [-0.2, -0.15) is 0 Å². The topological polar surface area (TPSA) is 12.5 Å². The van der Waals surface area contributed by atoms with E-state index in [4.69, 9.17) is 4.74 Å². The minimum Gasteiger partial charge on any atom is -0.487 e. The van der Waals surface area contributed by atoms with E-state index in [0.717, 1.165) is 18.8 Å². The fraction of sp³-hybridized carbons (Fsp3) is 0.538. The Morgan fingerprint density at radius 2 is 2.20 bits per heavy atom. The molecule has 0 amide bonds. The molecule has 0 saturated heterocycles. The largest absolute Gasteiger partial charge is 0.487 e. The molecule has 2 heteroatoms. The molecule has 1 atom stereocenters. The minimum absolute atomic E-state index is 0.303. The van der Waals surface area contributed by atoms with Crippen LogP contribution in [0.5, 0.6) is 5.75 Å². The monoisotopic (exact) mass is 205 g/mol. The van der Waals surface area contributed by atoms with Crippen molar-refractivity contribution in [3.63, 3.8) is 0 Å². The number of hydrogen-bond acceptors (Lipinski definition) is 2. The van der Waals surface area contributed by atoms with Gasteiger partial charge in [0.1, 0.15) is 11.9 Å². The van der Waals surface area contributed by atoms with E-state index in [0.29, 0.717) is 6.10 Å². The molecular formula is C13H19NO. The maximum Gasteiger partial charge on any atom is 0.143 e. The molecule has 0 bridgehead atoms. The zero-order chi connectivity index (χ0) is 10.7. The van der Waals surface area contributed by atoms with Crippen LogP contribution >= 0.6 is 0 Å². The lowest BCUT2D eigenvalue weighted by Crippen LogP contribution is -2.38. The molecule has 0 saturated carbocycles. The lowest BCUT2D eigenvalue weighted by atomic mass is 10.2. The van der Waals surface area contributed by atoms with Crippen LogP contribution in [0.15, 0.2) is 24.3 Å². The van der Waals surface area contributed by atoms with Crippen LogP contribution in [0.2, 0.25) is 0 Å². The smallest absolute Gasteiger partial charge is 0.143 e. The number of para-hydroxylation sites is 2. The summed E-state index contributed by atoms with van der Waals surface area (Å²) in [4.78, 5) is 2.44. The van der Waals surface area contributed by atoms with Crippen molar-refractivity contribution in [2.75, 3.05) is 18.0 Å². The Balaban J connectivity index is 2.18. The first-order chi connectivity index (χ1) is 7.31. The van der Waals surface area contributed by atoms with Gasteiger partial charge in [-0.15, -0.1) is 0 Å². The third-order valence-electron chi connectivity index (χ3n) is 2.79. The van der Waals surface area contributed by atoms with E-state index < -0.39 is 0 Å². The third-order valence-corrected chi connectivity index (χ3v) is 2.79. The summed E-state index contributed by atoms with van der Waals surface area (Å²) in [6.07, 6.45) is 2.80. The number of fused-ring (bicyclic) bond motifs is 1. The Hall–Kier alpha value is -1.18. The zero-order valence-electron chi connectivity index (χ0n) is 9.57. The van der Waals surface area contributed by atoms with Gasteiger partial charge in [0.2, 0.25) is 0 Å². The molecule has 0 radical (unpaired) electrons. The van der Waals surface area contributed by atoms with Crippen LogP contribution in [0.25, 0.3) is 0 Å². The maximum absolute atomic E-state index is 5.80. The highest BCUT2D eigenvalue weighted by Crippen LogP contribution is 2.32. The van der Waals surface area contributed by atoms with Crippen molar-refractivity contribution in [3.05, 3.63) is 24.3 Å². The first kappa shape index (κ1) is 10.3. The summed E-state index contributed by atoms with van der Waals surface area (Å²) >= 11 is 0. The second kappa shape index (κ2) is 4.56. The number of anilines is 1. The van der Waals surface area contributed by atoms with Gasteiger partial charge >= 0.3 is 0 Å². The molecule has 15 heavy (non-hydrogen) atoms. The number of unbranched alkanes of at least 4 members (excludes halogenated alkanes) is 1. The predicted octanol–water partition coefficient (Wildman–Crippen LogP) is 3.07. The SMILES string of the molecule is CCCCN1CC(C)Oc2ccccc21. The van der Waals surface area contributed by atoms with E-state index >= 15 is 0 Å². The number of hydrogen-bond donors (Lipinski definition) is 0. The zero-order valence-corrected chi connectivity index (χ0v) is 9.57. The third kappa shape index (κ3) is 2.25. The second-order valence-electron chi connectivity index (χ2n) is 4.20. The van der Waals surface area contributed by atoms with Crippen LogP contribution in [0.4, 0.5) is 5.69 Å². The van der Waals surface area contributed by atoms with Gasteiger partial charge in [0.15, 0.2) is 0 Å². The van der Waals surface area contributed by atoms with Crippen molar-refractivity contribution in [2.45, 2.75) is 32.8 Å². The molecule has 1 aromatic rings. The molecule has 2 rings (SSSR count). The molecule has 0 fully saturated rings. The van der Waals surface area contributed by atoms with E-state index in [1.807, 2.05) is 6.07 Å². The highest BCUT2D eigenvalue weighted by atomic mass is 16.5. The Morgan fingerprint density at radius 3 is 3.00 bits per heavy atom. The summed E-state index contributed by atoms with van der Waals surface area (Å²) in [5.74, 6) is 1.03. The Labute approximate surface area is 91.9 Å². The predicted molar refractivity (Wildman–Crippen MR) is 63.7 cm³/mol. The second-order valence-corrected chi connectivity index (χ2v) is 4.20. The standard InChI is InChI=1S/C13H19NO/c1-3-4-9-14-10-11(2)15-13-8-6-5-7-12(13)14/h5-8,11H,3-4,9-10H2,1-2H3. The summed E-state index contributed by atoms with van der Waals surface area (Å²) in [5.41, 5.74) is 1.25. The minimum atomic E-state index is 0.303. The molecular weight excluding hydrogens is 186 g/mol.